The van der Waals surface area contributed by atoms with E-state index in [1.165, 1.54) is 13.2 Å². The largest absolute Gasteiger partial charge is 0.460 e. The van der Waals surface area contributed by atoms with Crippen molar-refractivity contribution in [3.63, 3.8) is 0 Å². The minimum Gasteiger partial charge on any atom is -0.460 e. The Balaban J connectivity index is 1.69. The van der Waals surface area contributed by atoms with Crippen molar-refractivity contribution in [1.82, 2.24) is 10.3 Å². The molecule has 2 aromatic rings. The Morgan fingerprint density at radius 1 is 1.26 bits per heavy atom. The van der Waals surface area contributed by atoms with Crippen LogP contribution in [0.3, 0.4) is 0 Å². The summed E-state index contributed by atoms with van der Waals surface area (Å²) in [6.07, 6.45) is 1.65. The maximum absolute atomic E-state index is 14.3. The third-order valence-corrected chi connectivity index (χ3v) is 5.59. The number of piperidine rings is 1. The highest BCUT2D eigenvalue weighted by Gasteiger charge is 2.27. The van der Waals surface area contributed by atoms with E-state index in [-0.39, 0.29) is 24.4 Å². The topological polar surface area (TPSA) is 83.7 Å². The van der Waals surface area contributed by atoms with Crippen molar-refractivity contribution in [2.24, 2.45) is 0 Å². The molecule has 0 aliphatic carbocycles. The zero-order valence-corrected chi connectivity index (χ0v) is 18.5. The molecule has 0 saturated carbocycles. The van der Waals surface area contributed by atoms with Crippen LogP contribution >= 0.6 is 0 Å². The van der Waals surface area contributed by atoms with Crippen LogP contribution in [0.2, 0.25) is 0 Å². The van der Waals surface area contributed by atoms with E-state index in [0.717, 1.165) is 24.9 Å². The summed E-state index contributed by atoms with van der Waals surface area (Å²) in [4.78, 5) is 30.3. The molecular formula is C23H30FN3O4. The lowest BCUT2D eigenvalue weighted by Gasteiger charge is -2.35. The van der Waals surface area contributed by atoms with Gasteiger partial charge in [-0.1, -0.05) is 6.07 Å². The Hall–Kier alpha value is -2.87. The molecule has 8 heteroatoms. The summed E-state index contributed by atoms with van der Waals surface area (Å²) in [5, 5.41) is 3.04. The molecule has 2 N–H and O–H groups in total. The number of hydrogen-bond acceptors (Lipinski definition) is 5. The van der Waals surface area contributed by atoms with Gasteiger partial charge >= 0.3 is 5.97 Å². The highest BCUT2D eigenvalue weighted by Crippen LogP contribution is 2.25. The molecule has 3 rings (SSSR count). The van der Waals surface area contributed by atoms with Crippen LogP contribution in [-0.4, -0.2) is 56.3 Å². The summed E-state index contributed by atoms with van der Waals surface area (Å²) in [5.74, 6) is -1.03. The molecule has 1 unspecified atom stereocenters. The quantitative estimate of drug-likeness (QED) is 0.519. The van der Waals surface area contributed by atoms with Crippen molar-refractivity contribution in [2.45, 2.75) is 39.7 Å². The molecule has 1 aromatic carbocycles. The van der Waals surface area contributed by atoms with Crippen molar-refractivity contribution in [3.8, 4) is 0 Å². The first kappa shape index (κ1) is 22.8. The van der Waals surface area contributed by atoms with Gasteiger partial charge in [0.15, 0.2) is 0 Å². The lowest BCUT2D eigenvalue weighted by molar-refractivity contribution is 0.0387. The number of nitrogens with zero attached hydrogens (tertiary/aromatic N) is 1. The number of methoxy groups -OCH3 is 1. The van der Waals surface area contributed by atoms with E-state index < -0.39 is 5.97 Å². The second-order valence-electron chi connectivity index (χ2n) is 7.97. The molecule has 0 bridgehead atoms. The van der Waals surface area contributed by atoms with Gasteiger partial charge < -0.3 is 24.7 Å². The highest BCUT2D eigenvalue weighted by molar-refractivity contribution is 6.00. The van der Waals surface area contributed by atoms with Crippen LogP contribution in [0, 0.1) is 26.6 Å². The average molecular weight is 432 g/mol. The number of nitrogens with one attached hydrogen (secondary N) is 2. The standard InChI is InChI=1S/C23H30FN3O4/c1-14-7-8-18(24)19(12-14)27-9-5-6-17(13-27)26-22(28)21-15(2)20(16(3)25-21)23(29)31-11-10-30-4/h7-8,12,17,25H,5-6,9-11,13H2,1-4H3,(H,26,28). The van der Waals surface area contributed by atoms with Crippen LogP contribution in [-0.2, 0) is 9.47 Å². The van der Waals surface area contributed by atoms with Crippen LogP contribution in [0.1, 0.15) is 50.5 Å². The van der Waals surface area contributed by atoms with Crippen LogP contribution in [0.15, 0.2) is 18.2 Å². The molecule has 1 fully saturated rings. The SMILES string of the molecule is COCCOC(=O)c1c(C)[nH]c(C(=O)NC2CCCN(c3cc(C)ccc3F)C2)c1C. The third kappa shape index (κ3) is 5.25. The Labute approximate surface area is 181 Å². The fourth-order valence-electron chi connectivity index (χ4n) is 4.01. The minimum absolute atomic E-state index is 0.124. The summed E-state index contributed by atoms with van der Waals surface area (Å²) in [6, 6.07) is 4.93. The number of aromatic nitrogens is 1. The lowest BCUT2D eigenvalue weighted by Crippen LogP contribution is -2.48. The second-order valence-corrected chi connectivity index (χ2v) is 7.97. The molecule has 168 valence electrons. The van der Waals surface area contributed by atoms with Gasteiger partial charge in [0.05, 0.1) is 17.9 Å². The molecule has 0 radical (unpaired) electrons. The Morgan fingerprint density at radius 2 is 2.03 bits per heavy atom. The van der Waals surface area contributed by atoms with E-state index >= 15 is 0 Å². The molecule has 7 nitrogen and oxygen atoms in total. The minimum atomic E-state index is -0.485. The highest BCUT2D eigenvalue weighted by atomic mass is 19.1. The molecule has 1 atom stereocenters. The molecule has 1 amide bonds. The predicted molar refractivity (Wildman–Crippen MR) is 116 cm³/mol. The number of halogens is 1. The van der Waals surface area contributed by atoms with E-state index in [1.54, 1.807) is 19.9 Å². The molecule has 1 saturated heterocycles. The average Bonchev–Trinajstić information content (AvgIpc) is 3.04. The van der Waals surface area contributed by atoms with Crippen molar-refractivity contribution < 1.29 is 23.5 Å². The number of hydrogen-bond donors (Lipinski definition) is 2. The van der Waals surface area contributed by atoms with Gasteiger partial charge in [0.1, 0.15) is 18.1 Å². The summed E-state index contributed by atoms with van der Waals surface area (Å²) >= 11 is 0. The number of amides is 1. The van der Waals surface area contributed by atoms with E-state index in [2.05, 4.69) is 10.3 Å². The number of aromatic amines is 1. The number of ether oxygens (including phenoxy) is 2. The van der Waals surface area contributed by atoms with E-state index in [0.29, 0.717) is 41.4 Å². The lowest BCUT2D eigenvalue weighted by atomic mass is 10.0. The zero-order chi connectivity index (χ0) is 22.5. The van der Waals surface area contributed by atoms with E-state index in [9.17, 15) is 14.0 Å². The van der Waals surface area contributed by atoms with Gasteiger partial charge in [-0.25, -0.2) is 9.18 Å². The summed E-state index contributed by atoms with van der Waals surface area (Å²) < 4.78 is 24.4. The number of anilines is 1. The number of rotatable bonds is 7. The normalized spacial score (nSPS) is 16.3. The number of carbonyl (C=O) groups is 2. The summed E-state index contributed by atoms with van der Waals surface area (Å²) in [5.41, 5.74) is 3.40. The maximum Gasteiger partial charge on any atom is 0.340 e. The molecule has 1 aliphatic heterocycles. The Morgan fingerprint density at radius 3 is 2.77 bits per heavy atom. The molecule has 1 aliphatic rings. The van der Waals surface area contributed by atoms with Crippen molar-refractivity contribution in [2.75, 3.05) is 38.3 Å². The van der Waals surface area contributed by atoms with Crippen molar-refractivity contribution in [3.05, 3.63) is 52.1 Å². The first-order chi connectivity index (χ1) is 14.8. The fraction of sp³-hybridized carbons (Fsp3) is 0.478. The number of H-pyrrole nitrogens is 1. The molecule has 0 spiro atoms. The fourth-order valence-corrected chi connectivity index (χ4v) is 4.01. The molecule has 2 heterocycles. The first-order valence-electron chi connectivity index (χ1n) is 10.5. The third-order valence-electron chi connectivity index (χ3n) is 5.59. The van der Waals surface area contributed by atoms with Gasteiger partial charge in [-0.05, 0) is 56.9 Å². The van der Waals surface area contributed by atoms with Gasteiger partial charge in [-0.2, -0.15) is 0 Å². The van der Waals surface area contributed by atoms with E-state index in [4.69, 9.17) is 9.47 Å². The van der Waals surface area contributed by atoms with Crippen LogP contribution in [0.25, 0.3) is 0 Å². The monoisotopic (exact) mass is 431 g/mol. The number of carbonyl (C=O) groups excluding carboxylic acids is 2. The smallest absolute Gasteiger partial charge is 0.340 e. The first-order valence-corrected chi connectivity index (χ1v) is 10.5. The molecular weight excluding hydrogens is 401 g/mol. The molecule has 1 aromatic heterocycles. The number of aryl methyl sites for hydroxylation is 2. The second kappa shape index (κ2) is 9.96. The zero-order valence-electron chi connectivity index (χ0n) is 18.5. The van der Waals surface area contributed by atoms with Crippen LogP contribution < -0.4 is 10.2 Å². The van der Waals surface area contributed by atoms with E-state index in [1.807, 2.05) is 17.9 Å². The summed E-state index contributed by atoms with van der Waals surface area (Å²) in [6.45, 7) is 7.11. The van der Waals surface area contributed by atoms with Gasteiger partial charge in [0.2, 0.25) is 0 Å². The Bertz CT molecular complexity index is 957. The van der Waals surface area contributed by atoms with Gasteiger partial charge in [0, 0.05) is 31.9 Å². The van der Waals surface area contributed by atoms with Crippen LogP contribution in [0.4, 0.5) is 10.1 Å². The van der Waals surface area contributed by atoms with Gasteiger partial charge in [-0.3, -0.25) is 4.79 Å². The Kier molecular flexibility index (Phi) is 7.33. The maximum atomic E-state index is 14.3. The predicted octanol–water partition coefficient (Wildman–Crippen LogP) is 3.28. The summed E-state index contributed by atoms with van der Waals surface area (Å²) in [7, 11) is 1.53. The number of esters is 1. The number of benzene rings is 1. The molecule has 31 heavy (non-hydrogen) atoms. The van der Waals surface area contributed by atoms with Gasteiger partial charge in [-0.15, -0.1) is 0 Å². The van der Waals surface area contributed by atoms with Crippen LogP contribution in [0.5, 0.6) is 0 Å². The van der Waals surface area contributed by atoms with Crippen molar-refractivity contribution >= 4 is 17.6 Å². The van der Waals surface area contributed by atoms with Crippen molar-refractivity contribution in [1.29, 1.82) is 0 Å². The van der Waals surface area contributed by atoms with Gasteiger partial charge in [0.25, 0.3) is 5.91 Å².